The highest BCUT2D eigenvalue weighted by Gasteiger charge is 2.32. The van der Waals surface area contributed by atoms with E-state index in [2.05, 4.69) is 0 Å². The average Bonchev–Trinajstić information content (AvgIpc) is 2.65. The van der Waals surface area contributed by atoms with Gasteiger partial charge >= 0.3 is 5.97 Å². The van der Waals surface area contributed by atoms with Crippen LogP contribution in [-0.2, 0) is 14.3 Å². The van der Waals surface area contributed by atoms with E-state index in [1.54, 1.807) is 13.0 Å². The van der Waals surface area contributed by atoms with Gasteiger partial charge in [-0.2, -0.15) is 0 Å². The predicted octanol–water partition coefficient (Wildman–Crippen LogP) is 1.20. The van der Waals surface area contributed by atoms with Crippen LogP contribution in [0, 0.1) is 0 Å². The first-order valence-corrected chi connectivity index (χ1v) is 4.50. The Balaban J connectivity index is 2.02. The number of carbonyl (C=O) groups is 1. The normalized spacial score (nSPS) is 32.8. The van der Waals surface area contributed by atoms with Gasteiger partial charge in [-0.3, -0.25) is 0 Å². The fraction of sp³-hybridized carbons (Fsp3) is 0.500. The summed E-state index contributed by atoms with van der Waals surface area (Å²) in [5, 5.41) is 0. The van der Waals surface area contributed by atoms with Crippen LogP contribution in [0.3, 0.4) is 0 Å². The summed E-state index contributed by atoms with van der Waals surface area (Å²) in [6.45, 7) is 2.22. The number of hydrogen-bond acceptors (Lipinski definition) is 3. The molecule has 2 aliphatic heterocycles. The lowest BCUT2D eigenvalue weighted by molar-refractivity contribution is -0.137. The zero-order chi connectivity index (χ0) is 9.26. The molecule has 0 N–H and O–H groups in total. The van der Waals surface area contributed by atoms with E-state index in [0.29, 0.717) is 6.61 Å². The lowest BCUT2D eigenvalue weighted by Crippen LogP contribution is -2.06. The van der Waals surface area contributed by atoms with Crippen LogP contribution in [0.1, 0.15) is 13.3 Å². The molecule has 0 aromatic rings. The molecule has 13 heavy (non-hydrogen) atoms. The van der Waals surface area contributed by atoms with Gasteiger partial charge in [0, 0.05) is 12.5 Å². The molecule has 2 heterocycles. The fourth-order valence-corrected chi connectivity index (χ4v) is 1.66. The Bertz CT molecular complexity index is 278. The standard InChI is InChI=1S/C10H12O3/c1-2-12-10(11)6-7-5-8-3-4-9(7)13-8/h3-4,6,8-9H,2,5H2,1H3/b7-6-. The van der Waals surface area contributed by atoms with Crippen LogP contribution in [-0.4, -0.2) is 24.8 Å². The van der Waals surface area contributed by atoms with Crippen LogP contribution in [0.15, 0.2) is 23.8 Å². The fourth-order valence-electron chi connectivity index (χ4n) is 1.66. The molecule has 2 aliphatic rings. The van der Waals surface area contributed by atoms with Gasteiger partial charge in [-0.25, -0.2) is 4.79 Å². The molecule has 0 amide bonds. The first-order valence-electron chi connectivity index (χ1n) is 4.50. The number of ether oxygens (including phenoxy) is 2. The summed E-state index contributed by atoms with van der Waals surface area (Å²) in [7, 11) is 0. The van der Waals surface area contributed by atoms with E-state index >= 15 is 0 Å². The van der Waals surface area contributed by atoms with Gasteiger partial charge < -0.3 is 9.47 Å². The minimum Gasteiger partial charge on any atom is -0.463 e. The Morgan fingerprint density at radius 1 is 1.77 bits per heavy atom. The highest BCUT2D eigenvalue weighted by atomic mass is 16.5. The van der Waals surface area contributed by atoms with Gasteiger partial charge in [-0.15, -0.1) is 0 Å². The van der Waals surface area contributed by atoms with Crippen LogP contribution in [0.5, 0.6) is 0 Å². The quantitative estimate of drug-likeness (QED) is 0.364. The topological polar surface area (TPSA) is 35.5 Å². The zero-order valence-electron chi connectivity index (χ0n) is 7.53. The molecule has 0 aromatic carbocycles. The maximum Gasteiger partial charge on any atom is 0.330 e. The molecule has 0 saturated carbocycles. The Kier molecular flexibility index (Phi) is 2.19. The molecule has 2 rings (SSSR count). The third-order valence-corrected chi connectivity index (χ3v) is 2.21. The van der Waals surface area contributed by atoms with Crippen LogP contribution in [0.2, 0.25) is 0 Å². The molecule has 1 fully saturated rings. The molecule has 70 valence electrons. The van der Waals surface area contributed by atoms with Gasteiger partial charge in [0.2, 0.25) is 0 Å². The van der Waals surface area contributed by atoms with Crippen molar-refractivity contribution in [2.45, 2.75) is 25.6 Å². The molecular formula is C10H12O3. The lowest BCUT2D eigenvalue weighted by atomic mass is 10.0. The summed E-state index contributed by atoms with van der Waals surface area (Å²) in [4.78, 5) is 11.1. The minimum absolute atomic E-state index is 0.0226. The molecule has 0 radical (unpaired) electrons. The molecule has 0 spiro atoms. The van der Waals surface area contributed by atoms with Gasteiger partial charge in [0.15, 0.2) is 0 Å². The van der Waals surface area contributed by atoms with Crippen molar-refractivity contribution < 1.29 is 14.3 Å². The van der Waals surface area contributed by atoms with Crippen molar-refractivity contribution in [1.82, 2.24) is 0 Å². The monoisotopic (exact) mass is 180 g/mol. The number of rotatable bonds is 2. The van der Waals surface area contributed by atoms with Crippen molar-refractivity contribution in [3.63, 3.8) is 0 Å². The van der Waals surface area contributed by atoms with E-state index in [-0.39, 0.29) is 18.2 Å². The third-order valence-electron chi connectivity index (χ3n) is 2.21. The van der Waals surface area contributed by atoms with Gasteiger partial charge in [0.05, 0.1) is 18.8 Å². The van der Waals surface area contributed by atoms with Gasteiger partial charge in [0.25, 0.3) is 0 Å². The van der Waals surface area contributed by atoms with Crippen LogP contribution in [0.25, 0.3) is 0 Å². The number of carbonyl (C=O) groups excluding carboxylic acids is 1. The number of esters is 1. The smallest absolute Gasteiger partial charge is 0.330 e. The molecule has 2 unspecified atom stereocenters. The summed E-state index contributed by atoms with van der Waals surface area (Å²) < 4.78 is 10.3. The van der Waals surface area contributed by atoms with E-state index in [0.717, 1.165) is 12.0 Å². The number of fused-ring (bicyclic) bond motifs is 2. The van der Waals surface area contributed by atoms with E-state index < -0.39 is 0 Å². The highest BCUT2D eigenvalue weighted by molar-refractivity contribution is 5.83. The van der Waals surface area contributed by atoms with Crippen molar-refractivity contribution >= 4 is 5.97 Å². The lowest BCUT2D eigenvalue weighted by Gasteiger charge is -2.04. The van der Waals surface area contributed by atoms with Crippen molar-refractivity contribution in [3.05, 3.63) is 23.8 Å². The second-order valence-corrected chi connectivity index (χ2v) is 3.16. The maximum atomic E-state index is 11.1. The maximum absolute atomic E-state index is 11.1. The second-order valence-electron chi connectivity index (χ2n) is 3.16. The summed E-state index contributed by atoms with van der Waals surface area (Å²) in [6, 6.07) is 0. The molecular weight excluding hydrogens is 168 g/mol. The van der Waals surface area contributed by atoms with Crippen LogP contribution < -0.4 is 0 Å². The van der Waals surface area contributed by atoms with Crippen molar-refractivity contribution in [3.8, 4) is 0 Å². The number of hydrogen-bond donors (Lipinski definition) is 0. The summed E-state index contributed by atoms with van der Waals surface area (Å²) in [5.74, 6) is -0.262. The van der Waals surface area contributed by atoms with E-state index in [9.17, 15) is 4.79 Å². The predicted molar refractivity (Wildman–Crippen MR) is 47.1 cm³/mol. The summed E-state index contributed by atoms with van der Waals surface area (Å²) >= 11 is 0. The summed E-state index contributed by atoms with van der Waals surface area (Å²) in [6.07, 6.45) is 6.62. The van der Waals surface area contributed by atoms with E-state index in [1.807, 2.05) is 12.2 Å². The Morgan fingerprint density at radius 2 is 2.62 bits per heavy atom. The Hall–Kier alpha value is -1.09. The zero-order valence-corrected chi connectivity index (χ0v) is 7.53. The summed E-state index contributed by atoms with van der Waals surface area (Å²) in [5.41, 5.74) is 1.03. The SMILES string of the molecule is CCOC(=O)/C=C1/CC2C=CC1O2. The molecule has 2 atom stereocenters. The molecule has 0 aromatic heterocycles. The minimum atomic E-state index is -0.262. The van der Waals surface area contributed by atoms with Gasteiger partial charge in [0.1, 0.15) is 0 Å². The van der Waals surface area contributed by atoms with Crippen LogP contribution >= 0.6 is 0 Å². The van der Waals surface area contributed by atoms with Crippen molar-refractivity contribution in [2.24, 2.45) is 0 Å². The van der Waals surface area contributed by atoms with E-state index in [1.165, 1.54) is 0 Å². The molecule has 3 nitrogen and oxygen atoms in total. The third kappa shape index (κ3) is 1.65. The van der Waals surface area contributed by atoms with E-state index in [4.69, 9.17) is 9.47 Å². The second kappa shape index (κ2) is 3.34. The highest BCUT2D eigenvalue weighted by Crippen LogP contribution is 2.32. The Morgan fingerprint density at radius 3 is 3.15 bits per heavy atom. The molecule has 2 bridgehead atoms. The van der Waals surface area contributed by atoms with Crippen molar-refractivity contribution in [1.29, 1.82) is 0 Å². The molecule has 1 saturated heterocycles. The Labute approximate surface area is 77.0 Å². The first kappa shape index (κ1) is 8.51. The van der Waals surface area contributed by atoms with Gasteiger partial charge in [-0.05, 0) is 12.5 Å². The molecule has 3 heteroatoms. The average molecular weight is 180 g/mol. The van der Waals surface area contributed by atoms with Crippen molar-refractivity contribution in [2.75, 3.05) is 6.61 Å². The van der Waals surface area contributed by atoms with Crippen LogP contribution in [0.4, 0.5) is 0 Å². The molecule has 0 aliphatic carbocycles. The van der Waals surface area contributed by atoms with Gasteiger partial charge in [-0.1, -0.05) is 12.2 Å². The first-order chi connectivity index (χ1) is 6.29. The largest absolute Gasteiger partial charge is 0.463 e.